The minimum Gasteiger partial charge on any atom is -0.481 e. The number of sulfonamides is 1. The maximum Gasteiger partial charge on any atom is 0.265 e. The standard InChI is InChI=1S/C25H28N2O4S/c1-18(2)21-9-13-23(14-10-21)31-19(3)25(28)27-22-11-15-24(16-12-22)32(29,30)26-17-20-7-5-4-6-8-20/h4-16,18-19,26H,17H2,1-3H3,(H,27,28). The molecule has 0 saturated heterocycles. The van der Waals surface area contributed by atoms with Gasteiger partial charge in [-0.3, -0.25) is 4.79 Å². The molecule has 3 aromatic rings. The van der Waals surface area contributed by atoms with Crippen molar-refractivity contribution in [3.63, 3.8) is 0 Å². The smallest absolute Gasteiger partial charge is 0.265 e. The summed E-state index contributed by atoms with van der Waals surface area (Å²) in [6.07, 6.45) is -0.712. The number of nitrogens with one attached hydrogen (secondary N) is 2. The van der Waals surface area contributed by atoms with Crippen LogP contribution in [0.1, 0.15) is 37.8 Å². The molecule has 3 rings (SSSR count). The summed E-state index contributed by atoms with van der Waals surface area (Å²) in [5, 5.41) is 2.75. The molecule has 0 spiro atoms. The largest absolute Gasteiger partial charge is 0.481 e. The van der Waals surface area contributed by atoms with Gasteiger partial charge in [-0.05, 0) is 60.4 Å². The minimum absolute atomic E-state index is 0.126. The van der Waals surface area contributed by atoms with E-state index in [1.165, 1.54) is 17.7 Å². The topological polar surface area (TPSA) is 84.5 Å². The molecule has 0 aromatic heterocycles. The van der Waals surface area contributed by atoms with E-state index in [2.05, 4.69) is 23.9 Å². The van der Waals surface area contributed by atoms with Gasteiger partial charge in [0, 0.05) is 12.2 Å². The number of amides is 1. The first-order valence-corrected chi connectivity index (χ1v) is 11.9. The van der Waals surface area contributed by atoms with Crippen LogP contribution in [-0.4, -0.2) is 20.4 Å². The van der Waals surface area contributed by atoms with Crippen molar-refractivity contribution in [2.24, 2.45) is 0 Å². The first-order valence-electron chi connectivity index (χ1n) is 10.5. The van der Waals surface area contributed by atoms with E-state index >= 15 is 0 Å². The Kier molecular flexibility index (Phi) is 7.66. The van der Waals surface area contributed by atoms with E-state index in [1.807, 2.05) is 54.6 Å². The molecule has 168 valence electrons. The zero-order chi connectivity index (χ0) is 23.1. The minimum atomic E-state index is -3.66. The number of carbonyl (C=O) groups is 1. The molecule has 2 N–H and O–H groups in total. The molecule has 0 heterocycles. The van der Waals surface area contributed by atoms with Crippen LogP contribution in [0.4, 0.5) is 5.69 Å². The third-order valence-corrected chi connectivity index (χ3v) is 6.39. The Balaban J connectivity index is 1.56. The van der Waals surface area contributed by atoms with Crippen LogP contribution in [0.3, 0.4) is 0 Å². The fourth-order valence-corrected chi connectivity index (χ4v) is 4.03. The van der Waals surface area contributed by atoms with Crippen LogP contribution in [-0.2, 0) is 21.4 Å². The molecule has 0 bridgehead atoms. The molecule has 3 aromatic carbocycles. The third-order valence-electron chi connectivity index (χ3n) is 4.97. The first-order chi connectivity index (χ1) is 15.2. The fourth-order valence-electron chi connectivity index (χ4n) is 3.01. The van der Waals surface area contributed by atoms with Crippen molar-refractivity contribution in [1.82, 2.24) is 4.72 Å². The second-order valence-electron chi connectivity index (χ2n) is 7.81. The molecule has 0 fully saturated rings. The molecule has 0 aliphatic heterocycles. The van der Waals surface area contributed by atoms with Crippen LogP contribution in [0.2, 0.25) is 0 Å². The van der Waals surface area contributed by atoms with E-state index in [0.29, 0.717) is 17.4 Å². The maximum atomic E-state index is 12.5. The zero-order valence-corrected chi connectivity index (χ0v) is 19.2. The number of anilines is 1. The summed E-state index contributed by atoms with van der Waals surface area (Å²) in [6.45, 7) is 6.09. The van der Waals surface area contributed by atoms with Crippen molar-refractivity contribution in [1.29, 1.82) is 0 Å². The monoisotopic (exact) mass is 452 g/mol. The van der Waals surface area contributed by atoms with Crippen LogP contribution < -0.4 is 14.8 Å². The number of hydrogen-bond donors (Lipinski definition) is 2. The van der Waals surface area contributed by atoms with Gasteiger partial charge < -0.3 is 10.1 Å². The van der Waals surface area contributed by atoms with Crippen LogP contribution >= 0.6 is 0 Å². The summed E-state index contributed by atoms with van der Waals surface area (Å²) in [6, 6.07) is 23.0. The van der Waals surface area contributed by atoms with Gasteiger partial charge >= 0.3 is 0 Å². The van der Waals surface area contributed by atoms with Crippen LogP contribution in [0, 0.1) is 0 Å². The van der Waals surface area contributed by atoms with Gasteiger partial charge in [0.15, 0.2) is 6.10 Å². The molecule has 7 heteroatoms. The molecule has 0 saturated carbocycles. The molecule has 0 aliphatic rings. The zero-order valence-electron chi connectivity index (χ0n) is 18.4. The number of carbonyl (C=O) groups excluding carboxylic acids is 1. The lowest BCUT2D eigenvalue weighted by atomic mass is 10.0. The van der Waals surface area contributed by atoms with E-state index in [9.17, 15) is 13.2 Å². The molecular formula is C25H28N2O4S. The highest BCUT2D eigenvalue weighted by Gasteiger charge is 2.17. The molecule has 0 radical (unpaired) electrons. The average Bonchev–Trinajstić information content (AvgIpc) is 2.79. The Hall–Kier alpha value is -3.16. The van der Waals surface area contributed by atoms with Gasteiger partial charge in [-0.2, -0.15) is 0 Å². The lowest BCUT2D eigenvalue weighted by molar-refractivity contribution is -0.122. The van der Waals surface area contributed by atoms with Crippen molar-refractivity contribution in [3.05, 3.63) is 90.0 Å². The molecule has 1 unspecified atom stereocenters. The van der Waals surface area contributed by atoms with Gasteiger partial charge in [0.1, 0.15) is 5.75 Å². The summed E-state index contributed by atoms with van der Waals surface area (Å²) in [5.74, 6) is 0.712. The van der Waals surface area contributed by atoms with Gasteiger partial charge in [0.25, 0.3) is 5.91 Å². The van der Waals surface area contributed by atoms with Gasteiger partial charge in [-0.25, -0.2) is 13.1 Å². The predicted octanol–water partition coefficient (Wildman–Crippen LogP) is 4.69. The highest BCUT2D eigenvalue weighted by atomic mass is 32.2. The normalized spacial score (nSPS) is 12.4. The summed E-state index contributed by atoms with van der Waals surface area (Å²) in [4.78, 5) is 12.6. The van der Waals surface area contributed by atoms with E-state index < -0.39 is 16.1 Å². The molecule has 0 aliphatic carbocycles. The lowest BCUT2D eigenvalue weighted by Gasteiger charge is -2.16. The fraction of sp³-hybridized carbons (Fsp3) is 0.240. The van der Waals surface area contributed by atoms with Crippen LogP contribution in [0.5, 0.6) is 5.75 Å². The van der Waals surface area contributed by atoms with Crippen molar-refractivity contribution >= 4 is 21.6 Å². The molecule has 1 atom stereocenters. The lowest BCUT2D eigenvalue weighted by Crippen LogP contribution is -2.30. The van der Waals surface area contributed by atoms with E-state index in [4.69, 9.17) is 4.74 Å². The SMILES string of the molecule is CC(Oc1ccc(C(C)C)cc1)C(=O)Nc1ccc(S(=O)(=O)NCc2ccccc2)cc1. The van der Waals surface area contributed by atoms with Crippen molar-refractivity contribution < 1.29 is 17.9 Å². The molecule has 1 amide bonds. The summed E-state index contributed by atoms with van der Waals surface area (Å²) >= 11 is 0. The van der Waals surface area contributed by atoms with Crippen molar-refractivity contribution in [3.8, 4) is 5.75 Å². The first kappa shape index (κ1) is 23.5. The summed E-state index contributed by atoms with van der Waals surface area (Å²) in [7, 11) is -3.66. The van der Waals surface area contributed by atoms with Crippen molar-refractivity contribution in [2.45, 2.75) is 44.2 Å². The van der Waals surface area contributed by atoms with Crippen molar-refractivity contribution in [2.75, 3.05) is 5.32 Å². The Labute approximate surface area is 189 Å². The van der Waals surface area contributed by atoms with E-state index in [1.54, 1.807) is 19.1 Å². The number of hydrogen-bond acceptors (Lipinski definition) is 4. The average molecular weight is 453 g/mol. The summed E-state index contributed by atoms with van der Waals surface area (Å²) < 4.78 is 33.3. The van der Waals surface area contributed by atoms with E-state index in [-0.39, 0.29) is 17.3 Å². The number of ether oxygens (including phenoxy) is 1. The van der Waals surface area contributed by atoms with Crippen LogP contribution in [0.25, 0.3) is 0 Å². The van der Waals surface area contributed by atoms with E-state index in [0.717, 1.165) is 5.56 Å². The summed E-state index contributed by atoms with van der Waals surface area (Å²) in [5.41, 5.74) is 2.55. The highest BCUT2D eigenvalue weighted by molar-refractivity contribution is 7.89. The maximum absolute atomic E-state index is 12.5. The van der Waals surface area contributed by atoms with Gasteiger partial charge in [-0.1, -0.05) is 56.3 Å². The number of rotatable bonds is 9. The number of benzene rings is 3. The quantitative estimate of drug-likeness (QED) is 0.493. The van der Waals surface area contributed by atoms with Gasteiger partial charge in [0.05, 0.1) is 4.90 Å². The Bertz CT molecular complexity index is 1130. The van der Waals surface area contributed by atoms with Crippen LogP contribution in [0.15, 0.2) is 83.8 Å². The molecule has 6 nitrogen and oxygen atoms in total. The van der Waals surface area contributed by atoms with Gasteiger partial charge in [0.2, 0.25) is 10.0 Å². The molecular weight excluding hydrogens is 424 g/mol. The second-order valence-corrected chi connectivity index (χ2v) is 9.57. The predicted molar refractivity (Wildman–Crippen MR) is 126 cm³/mol. The van der Waals surface area contributed by atoms with Gasteiger partial charge in [-0.15, -0.1) is 0 Å². The Morgan fingerprint density at radius 2 is 1.50 bits per heavy atom. The second kappa shape index (κ2) is 10.4. The molecule has 32 heavy (non-hydrogen) atoms. The highest BCUT2D eigenvalue weighted by Crippen LogP contribution is 2.20. The third kappa shape index (κ3) is 6.42. The Morgan fingerprint density at radius 1 is 0.875 bits per heavy atom. The Morgan fingerprint density at radius 3 is 2.09 bits per heavy atom.